The molecule has 0 radical (unpaired) electrons. The van der Waals surface area contributed by atoms with E-state index in [9.17, 15) is 0 Å². The van der Waals surface area contributed by atoms with Gasteiger partial charge in [-0.15, -0.1) is 11.3 Å². The summed E-state index contributed by atoms with van der Waals surface area (Å²) < 4.78 is 5.82. The number of pyridine rings is 1. The van der Waals surface area contributed by atoms with Gasteiger partial charge in [0.2, 0.25) is 0 Å². The Balaban J connectivity index is 1.60. The molecule has 23 heavy (non-hydrogen) atoms. The van der Waals surface area contributed by atoms with Crippen molar-refractivity contribution in [2.45, 2.75) is 0 Å². The fourth-order valence-electron chi connectivity index (χ4n) is 2.21. The van der Waals surface area contributed by atoms with Crippen LogP contribution in [0.4, 0.5) is 11.5 Å². The van der Waals surface area contributed by atoms with Gasteiger partial charge in [-0.3, -0.25) is 4.98 Å². The first-order valence-electron chi connectivity index (χ1n) is 7.02. The molecular weight excluding hydrogens is 308 g/mol. The van der Waals surface area contributed by atoms with Crippen LogP contribution in [0.25, 0.3) is 10.2 Å². The first-order valence-corrected chi connectivity index (χ1v) is 7.90. The molecule has 6 heteroatoms. The Morgan fingerprint density at radius 3 is 2.78 bits per heavy atom. The minimum Gasteiger partial charge on any atom is -0.457 e. The van der Waals surface area contributed by atoms with E-state index in [1.807, 2.05) is 47.8 Å². The molecule has 0 saturated carbocycles. The monoisotopic (exact) mass is 320 g/mol. The maximum absolute atomic E-state index is 5.82. The van der Waals surface area contributed by atoms with Crippen molar-refractivity contribution in [1.82, 2.24) is 15.0 Å². The van der Waals surface area contributed by atoms with Gasteiger partial charge in [0.05, 0.1) is 5.39 Å². The molecular formula is C17H12N4OS. The van der Waals surface area contributed by atoms with Gasteiger partial charge in [0, 0.05) is 24.1 Å². The Morgan fingerprint density at radius 2 is 1.87 bits per heavy atom. The maximum atomic E-state index is 5.82. The van der Waals surface area contributed by atoms with Gasteiger partial charge in [-0.2, -0.15) is 0 Å². The van der Waals surface area contributed by atoms with Crippen LogP contribution in [0, 0.1) is 0 Å². The summed E-state index contributed by atoms with van der Waals surface area (Å²) in [6, 6.07) is 13.4. The number of nitrogens with one attached hydrogen (secondary N) is 1. The average molecular weight is 320 g/mol. The Kier molecular flexibility index (Phi) is 3.57. The van der Waals surface area contributed by atoms with Gasteiger partial charge in [-0.1, -0.05) is 6.07 Å². The SMILES string of the molecule is c1cc(Nc2ncnc3sccc23)cc(Oc2ccncc2)c1. The molecule has 0 amide bonds. The molecule has 0 spiro atoms. The van der Waals surface area contributed by atoms with Crippen molar-refractivity contribution in [2.24, 2.45) is 0 Å². The summed E-state index contributed by atoms with van der Waals surface area (Å²) in [5.41, 5.74) is 0.905. The van der Waals surface area contributed by atoms with Crippen molar-refractivity contribution in [1.29, 1.82) is 0 Å². The van der Waals surface area contributed by atoms with Gasteiger partial charge < -0.3 is 10.1 Å². The zero-order valence-electron chi connectivity index (χ0n) is 12.0. The van der Waals surface area contributed by atoms with E-state index in [1.165, 1.54) is 0 Å². The zero-order valence-corrected chi connectivity index (χ0v) is 12.8. The molecule has 0 fully saturated rings. The van der Waals surface area contributed by atoms with Crippen LogP contribution >= 0.6 is 11.3 Å². The van der Waals surface area contributed by atoms with E-state index in [-0.39, 0.29) is 0 Å². The standard InChI is InChI=1S/C17H12N4OS/c1-2-12(10-14(3-1)22-13-4-7-18-8-5-13)21-16-15-6-9-23-17(15)20-11-19-16/h1-11H,(H,19,20,21). The lowest BCUT2D eigenvalue weighted by atomic mass is 10.3. The summed E-state index contributed by atoms with van der Waals surface area (Å²) in [7, 11) is 0. The molecule has 0 saturated heterocycles. The second kappa shape index (κ2) is 6.02. The minimum atomic E-state index is 0.747. The van der Waals surface area contributed by atoms with Gasteiger partial charge in [0.1, 0.15) is 28.5 Å². The first kappa shape index (κ1) is 13.7. The lowest BCUT2D eigenvalue weighted by Gasteiger charge is -2.09. The van der Waals surface area contributed by atoms with Gasteiger partial charge in [-0.25, -0.2) is 9.97 Å². The van der Waals surface area contributed by atoms with Crippen LogP contribution < -0.4 is 10.1 Å². The Morgan fingerprint density at radius 1 is 0.957 bits per heavy atom. The molecule has 3 heterocycles. The van der Waals surface area contributed by atoms with Crippen molar-refractivity contribution < 1.29 is 4.74 Å². The Hall–Kier alpha value is -2.99. The second-order valence-electron chi connectivity index (χ2n) is 4.80. The van der Waals surface area contributed by atoms with E-state index >= 15 is 0 Å². The molecule has 112 valence electrons. The highest BCUT2D eigenvalue weighted by Gasteiger charge is 2.06. The highest BCUT2D eigenvalue weighted by molar-refractivity contribution is 7.16. The Labute approximate surface area is 136 Å². The molecule has 0 aliphatic carbocycles. The molecule has 4 aromatic rings. The van der Waals surface area contributed by atoms with Crippen LogP contribution in [0.3, 0.4) is 0 Å². The first-order chi connectivity index (χ1) is 11.4. The van der Waals surface area contributed by atoms with Gasteiger partial charge in [0.15, 0.2) is 0 Å². The maximum Gasteiger partial charge on any atom is 0.142 e. The molecule has 1 aromatic carbocycles. The van der Waals surface area contributed by atoms with Crippen molar-refractivity contribution in [3.8, 4) is 11.5 Å². The molecule has 5 nitrogen and oxygen atoms in total. The molecule has 0 atom stereocenters. The van der Waals surface area contributed by atoms with E-state index in [1.54, 1.807) is 30.1 Å². The molecule has 1 N–H and O–H groups in total. The highest BCUT2D eigenvalue weighted by Crippen LogP contribution is 2.29. The molecule has 0 aliphatic heterocycles. The topological polar surface area (TPSA) is 59.9 Å². The van der Waals surface area contributed by atoms with Crippen molar-refractivity contribution in [3.63, 3.8) is 0 Å². The average Bonchev–Trinajstić information content (AvgIpc) is 3.06. The van der Waals surface area contributed by atoms with E-state index < -0.39 is 0 Å². The number of hydrogen-bond donors (Lipinski definition) is 1. The number of hydrogen-bond acceptors (Lipinski definition) is 6. The number of thiophene rings is 1. The summed E-state index contributed by atoms with van der Waals surface area (Å²) in [5, 5.41) is 6.34. The number of anilines is 2. The van der Waals surface area contributed by atoms with Gasteiger partial charge in [-0.05, 0) is 35.7 Å². The van der Waals surface area contributed by atoms with E-state index in [2.05, 4.69) is 20.3 Å². The van der Waals surface area contributed by atoms with Crippen LogP contribution in [-0.2, 0) is 0 Å². The molecule has 0 aliphatic rings. The summed E-state index contributed by atoms with van der Waals surface area (Å²) in [5.74, 6) is 2.29. The lowest BCUT2D eigenvalue weighted by Crippen LogP contribution is -1.95. The van der Waals surface area contributed by atoms with Crippen LogP contribution in [0.2, 0.25) is 0 Å². The normalized spacial score (nSPS) is 10.6. The summed E-state index contributed by atoms with van der Waals surface area (Å²) >= 11 is 1.60. The van der Waals surface area contributed by atoms with Crippen LogP contribution in [0.5, 0.6) is 11.5 Å². The van der Waals surface area contributed by atoms with E-state index in [0.717, 1.165) is 33.2 Å². The van der Waals surface area contributed by atoms with Crippen molar-refractivity contribution in [3.05, 3.63) is 66.6 Å². The third-order valence-corrected chi connectivity index (χ3v) is 4.06. The van der Waals surface area contributed by atoms with Gasteiger partial charge >= 0.3 is 0 Å². The van der Waals surface area contributed by atoms with Crippen LogP contribution in [0.1, 0.15) is 0 Å². The van der Waals surface area contributed by atoms with Crippen LogP contribution in [0.15, 0.2) is 66.6 Å². The molecule has 0 unspecified atom stereocenters. The quantitative estimate of drug-likeness (QED) is 0.594. The summed E-state index contributed by atoms with van der Waals surface area (Å²) in [6.07, 6.45) is 4.97. The minimum absolute atomic E-state index is 0.747. The predicted octanol–water partition coefficient (Wildman–Crippen LogP) is 4.62. The fraction of sp³-hybridized carbons (Fsp3) is 0. The fourth-order valence-corrected chi connectivity index (χ4v) is 2.94. The predicted molar refractivity (Wildman–Crippen MR) is 91.5 cm³/mol. The third kappa shape index (κ3) is 2.97. The van der Waals surface area contributed by atoms with E-state index in [4.69, 9.17) is 4.74 Å². The number of fused-ring (bicyclic) bond motifs is 1. The molecule has 0 bridgehead atoms. The largest absolute Gasteiger partial charge is 0.457 e. The van der Waals surface area contributed by atoms with Crippen molar-refractivity contribution in [2.75, 3.05) is 5.32 Å². The smallest absolute Gasteiger partial charge is 0.142 e. The lowest BCUT2D eigenvalue weighted by molar-refractivity contribution is 0.482. The third-order valence-electron chi connectivity index (χ3n) is 3.24. The highest BCUT2D eigenvalue weighted by atomic mass is 32.1. The molecule has 3 aromatic heterocycles. The van der Waals surface area contributed by atoms with Crippen molar-refractivity contribution >= 4 is 33.1 Å². The zero-order chi connectivity index (χ0) is 15.5. The number of rotatable bonds is 4. The number of benzene rings is 1. The molecule has 4 rings (SSSR count). The second-order valence-corrected chi connectivity index (χ2v) is 5.69. The number of nitrogens with zero attached hydrogens (tertiary/aromatic N) is 3. The van der Waals surface area contributed by atoms with E-state index in [0.29, 0.717) is 0 Å². The Bertz CT molecular complexity index is 939. The number of ether oxygens (including phenoxy) is 1. The summed E-state index contributed by atoms with van der Waals surface area (Å²) in [4.78, 5) is 13.5. The van der Waals surface area contributed by atoms with Crippen LogP contribution in [-0.4, -0.2) is 15.0 Å². The number of aromatic nitrogens is 3. The van der Waals surface area contributed by atoms with Gasteiger partial charge in [0.25, 0.3) is 0 Å². The summed E-state index contributed by atoms with van der Waals surface area (Å²) in [6.45, 7) is 0.